The van der Waals surface area contributed by atoms with Crippen molar-refractivity contribution in [3.8, 4) is 23.0 Å². The minimum Gasteiger partial charge on any atom is -0.504 e. The molecule has 4 rings (SSSR count). The Morgan fingerprint density at radius 3 is 2.77 bits per heavy atom. The summed E-state index contributed by atoms with van der Waals surface area (Å²) in [5.41, 5.74) is 3.71. The number of hydrogen-bond donors (Lipinski definition) is 1. The summed E-state index contributed by atoms with van der Waals surface area (Å²) < 4.78 is 11.6. The van der Waals surface area contributed by atoms with E-state index in [4.69, 9.17) is 9.15 Å². The summed E-state index contributed by atoms with van der Waals surface area (Å²) in [6.45, 7) is 1.98. The van der Waals surface area contributed by atoms with Crippen LogP contribution in [0.3, 0.4) is 0 Å². The van der Waals surface area contributed by atoms with Gasteiger partial charge >= 0.3 is 0 Å². The second kappa shape index (κ2) is 8.19. The first-order valence-electron chi connectivity index (χ1n) is 9.12. The highest BCUT2D eigenvalue weighted by molar-refractivity contribution is 9.10. The lowest BCUT2D eigenvalue weighted by molar-refractivity contribution is -0.385. The fraction of sp³-hybridized carbons (Fsp3) is 0.0909. The molecule has 1 heterocycles. The predicted molar refractivity (Wildman–Crippen MR) is 120 cm³/mol. The van der Waals surface area contributed by atoms with Crippen molar-refractivity contribution in [3.63, 3.8) is 0 Å². The molecule has 1 aromatic heterocycles. The number of nitro benzene ring substituents is 1. The molecule has 0 aliphatic rings. The average Bonchev–Trinajstić information content (AvgIpc) is 3.17. The lowest BCUT2D eigenvalue weighted by Gasteiger charge is -2.06. The molecule has 0 bridgehead atoms. The van der Waals surface area contributed by atoms with Gasteiger partial charge in [-0.1, -0.05) is 6.07 Å². The molecule has 0 spiro atoms. The molecule has 4 aromatic rings. The lowest BCUT2D eigenvalue weighted by atomic mass is 10.1. The Kier molecular flexibility index (Phi) is 5.43. The minimum atomic E-state index is -0.565. The van der Waals surface area contributed by atoms with E-state index < -0.39 is 4.92 Å². The zero-order chi connectivity index (χ0) is 22.1. The normalized spacial score (nSPS) is 11.3. The van der Waals surface area contributed by atoms with Gasteiger partial charge in [0.15, 0.2) is 17.1 Å². The number of ether oxygens (including phenoxy) is 1. The second-order valence-corrected chi connectivity index (χ2v) is 7.61. The van der Waals surface area contributed by atoms with Crippen molar-refractivity contribution in [2.45, 2.75) is 6.92 Å². The number of methoxy groups -OCH3 is 1. The lowest BCUT2D eigenvalue weighted by Crippen LogP contribution is -1.94. The van der Waals surface area contributed by atoms with E-state index in [-0.39, 0.29) is 22.7 Å². The van der Waals surface area contributed by atoms with Crippen LogP contribution in [0.2, 0.25) is 0 Å². The maximum absolute atomic E-state index is 11.2. The van der Waals surface area contributed by atoms with Gasteiger partial charge in [-0.05, 0) is 58.7 Å². The van der Waals surface area contributed by atoms with E-state index in [0.29, 0.717) is 27.2 Å². The average molecular weight is 482 g/mol. The Labute approximate surface area is 185 Å². The molecule has 0 radical (unpaired) electrons. The fourth-order valence-corrected chi connectivity index (χ4v) is 3.37. The molecule has 3 aromatic carbocycles. The van der Waals surface area contributed by atoms with Crippen molar-refractivity contribution in [1.82, 2.24) is 4.98 Å². The van der Waals surface area contributed by atoms with Crippen molar-refractivity contribution in [2.75, 3.05) is 7.11 Å². The van der Waals surface area contributed by atoms with Crippen molar-refractivity contribution in [2.24, 2.45) is 4.99 Å². The van der Waals surface area contributed by atoms with Crippen LogP contribution in [0, 0.1) is 17.0 Å². The van der Waals surface area contributed by atoms with Crippen molar-refractivity contribution >= 4 is 44.6 Å². The smallest absolute Gasteiger partial charge is 0.274 e. The zero-order valence-corrected chi connectivity index (χ0v) is 18.1. The number of aromatic nitrogens is 1. The van der Waals surface area contributed by atoms with E-state index in [9.17, 15) is 15.2 Å². The summed E-state index contributed by atoms with van der Waals surface area (Å²) in [6.07, 6.45) is 1.34. The molecule has 1 N–H and O–H groups in total. The number of rotatable bonds is 5. The standard InChI is InChI=1S/C22H16BrN3O5/c1-12-3-6-19-18(7-12)25-22(31-19)13-4-5-16(23)17(9-13)24-11-14-8-15(26(28)29)10-20(30-2)21(14)27/h3-11,27H,1-2H3. The molecule has 0 saturated heterocycles. The highest BCUT2D eigenvalue weighted by atomic mass is 79.9. The molecule has 0 amide bonds. The first kappa shape index (κ1) is 20.5. The quantitative estimate of drug-likeness (QED) is 0.214. The monoisotopic (exact) mass is 481 g/mol. The van der Waals surface area contributed by atoms with Gasteiger partial charge in [0.25, 0.3) is 5.69 Å². The van der Waals surface area contributed by atoms with E-state index in [2.05, 4.69) is 25.9 Å². The molecule has 156 valence electrons. The maximum Gasteiger partial charge on any atom is 0.274 e. The molecule has 0 aliphatic carbocycles. The van der Waals surface area contributed by atoms with Crippen LogP contribution in [0.5, 0.6) is 11.5 Å². The van der Waals surface area contributed by atoms with Gasteiger partial charge in [-0.15, -0.1) is 0 Å². The number of nitro groups is 1. The number of phenols is 1. The number of phenolic OH excluding ortho intramolecular Hbond substituents is 1. The summed E-state index contributed by atoms with van der Waals surface area (Å²) >= 11 is 3.44. The number of aromatic hydroxyl groups is 1. The second-order valence-electron chi connectivity index (χ2n) is 6.76. The SMILES string of the molecule is COc1cc([N+](=O)[O-])cc(C=Nc2cc(-c3nc4cc(C)ccc4o3)ccc2Br)c1O. The van der Waals surface area contributed by atoms with Gasteiger partial charge in [-0.3, -0.25) is 15.1 Å². The Hall–Kier alpha value is -3.72. The number of nitrogens with zero attached hydrogens (tertiary/aromatic N) is 3. The summed E-state index contributed by atoms with van der Waals surface area (Å²) in [4.78, 5) is 19.5. The summed E-state index contributed by atoms with van der Waals surface area (Å²) in [5, 5.41) is 21.5. The molecule has 0 saturated carbocycles. The third-order valence-corrected chi connectivity index (χ3v) is 5.27. The molecule has 0 aliphatic heterocycles. The van der Waals surface area contributed by atoms with Crippen LogP contribution in [0.1, 0.15) is 11.1 Å². The van der Waals surface area contributed by atoms with Gasteiger partial charge in [-0.2, -0.15) is 0 Å². The summed E-state index contributed by atoms with van der Waals surface area (Å²) in [6, 6.07) is 13.6. The van der Waals surface area contributed by atoms with Gasteiger partial charge in [0.2, 0.25) is 5.89 Å². The largest absolute Gasteiger partial charge is 0.504 e. The molecule has 0 unspecified atom stereocenters. The van der Waals surface area contributed by atoms with Crippen LogP contribution in [0.15, 0.2) is 62.4 Å². The topological polar surface area (TPSA) is 111 Å². The van der Waals surface area contributed by atoms with Gasteiger partial charge < -0.3 is 14.3 Å². The van der Waals surface area contributed by atoms with Crippen LogP contribution in [0.25, 0.3) is 22.6 Å². The van der Waals surface area contributed by atoms with E-state index in [0.717, 1.165) is 17.1 Å². The van der Waals surface area contributed by atoms with E-state index in [1.165, 1.54) is 19.4 Å². The van der Waals surface area contributed by atoms with E-state index in [1.54, 1.807) is 12.1 Å². The number of aliphatic imine (C=N–C) groups is 1. The van der Waals surface area contributed by atoms with Crippen molar-refractivity contribution in [3.05, 3.63) is 74.2 Å². The Morgan fingerprint density at radius 2 is 2.03 bits per heavy atom. The highest BCUT2D eigenvalue weighted by Gasteiger charge is 2.16. The number of non-ortho nitro benzene ring substituents is 1. The van der Waals surface area contributed by atoms with Crippen molar-refractivity contribution < 1.29 is 19.2 Å². The zero-order valence-electron chi connectivity index (χ0n) is 16.5. The molecule has 8 nitrogen and oxygen atoms in total. The number of oxazole rings is 1. The van der Waals surface area contributed by atoms with E-state index >= 15 is 0 Å². The first-order valence-corrected chi connectivity index (χ1v) is 9.91. The van der Waals surface area contributed by atoms with Crippen molar-refractivity contribution in [1.29, 1.82) is 0 Å². The number of halogens is 1. The van der Waals surface area contributed by atoms with Crippen LogP contribution >= 0.6 is 15.9 Å². The van der Waals surface area contributed by atoms with Gasteiger partial charge in [0.05, 0.1) is 23.8 Å². The van der Waals surface area contributed by atoms with Crippen LogP contribution < -0.4 is 4.74 Å². The Morgan fingerprint density at radius 1 is 1.23 bits per heavy atom. The predicted octanol–water partition coefficient (Wildman–Crippen LogP) is 5.94. The molecule has 0 atom stereocenters. The summed E-state index contributed by atoms with van der Waals surface area (Å²) in [5.74, 6) is 0.202. The first-order chi connectivity index (χ1) is 14.9. The summed E-state index contributed by atoms with van der Waals surface area (Å²) in [7, 11) is 1.32. The molecular weight excluding hydrogens is 466 g/mol. The highest BCUT2D eigenvalue weighted by Crippen LogP contribution is 2.35. The number of fused-ring (bicyclic) bond motifs is 1. The van der Waals surface area contributed by atoms with Crippen LogP contribution in [-0.2, 0) is 0 Å². The fourth-order valence-electron chi connectivity index (χ4n) is 3.02. The molecular formula is C22H16BrN3O5. The maximum atomic E-state index is 11.2. The van der Waals surface area contributed by atoms with Gasteiger partial charge in [0.1, 0.15) is 5.52 Å². The third kappa shape index (κ3) is 4.13. The molecule has 31 heavy (non-hydrogen) atoms. The molecule has 0 fully saturated rings. The Balaban J connectivity index is 1.73. The number of benzene rings is 3. The Bertz CT molecular complexity index is 1350. The van der Waals surface area contributed by atoms with Crippen LogP contribution in [-0.4, -0.2) is 28.3 Å². The van der Waals surface area contributed by atoms with Crippen LogP contribution in [0.4, 0.5) is 11.4 Å². The van der Waals surface area contributed by atoms with Gasteiger partial charge in [0, 0.05) is 27.9 Å². The number of aryl methyl sites for hydroxylation is 1. The van der Waals surface area contributed by atoms with Gasteiger partial charge in [-0.25, -0.2) is 4.98 Å². The number of hydrogen-bond acceptors (Lipinski definition) is 7. The minimum absolute atomic E-state index is 0.00904. The van der Waals surface area contributed by atoms with E-state index in [1.807, 2.05) is 31.2 Å². The third-order valence-electron chi connectivity index (χ3n) is 4.60. The molecule has 9 heteroatoms.